The molecule has 1 aromatic rings. The van der Waals surface area contributed by atoms with Gasteiger partial charge in [0.05, 0.1) is 6.20 Å². The van der Waals surface area contributed by atoms with E-state index < -0.39 is 0 Å². The van der Waals surface area contributed by atoms with E-state index in [0.29, 0.717) is 17.2 Å². The van der Waals surface area contributed by atoms with E-state index in [-0.39, 0.29) is 0 Å². The van der Waals surface area contributed by atoms with E-state index >= 15 is 0 Å². The summed E-state index contributed by atoms with van der Waals surface area (Å²) in [5.74, 6) is 0.904. The predicted octanol–water partition coefficient (Wildman–Crippen LogP) is 2.67. The lowest BCUT2D eigenvalue weighted by atomic mass is 9.65. The Morgan fingerprint density at radius 3 is 2.46 bits per heavy atom. The maximum Gasteiger partial charge on any atom is 0.222 e. The SMILES string of the molecule is CN(C)C(=O)CC1CCC2(CC1)CCN(Cc1cnn(C)c1)CC2. The summed E-state index contributed by atoms with van der Waals surface area (Å²) in [6.07, 6.45) is 12.6. The molecule has 1 aromatic heterocycles. The second-order valence-corrected chi connectivity index (χ2v) is 8.23. The van der Waals surface area contributed by atoms with Crippen LogP contribution in [0.25, 0.3) is 0 Å². The molecule has 1 aliphatic carbocycles. The first-order valence-electron chi connectivity index (χ1n) is 9.36. The van der Waals surface area contributed by atoms with Crippen LogP contribution in [0.1, 0.15) is 50.5 Å². The number of hydrogen-bond donors (Lipinski definition) is 0. The minimum absolute atomic E-state index is 0.294. The van der Waals surface area contributed by atoms with E-state index in [4.69, 9.17) is 0 Å². The summed E-state index contributed by atoms with van der Waals surface area (Å²) in [5.41, 5.74) is 1.88. The van der Waals surface area contributed by atoms with Gasteiger partial charge in [0.1, 0.15) is 0 Å². The van der Waals surface area contributed by atoms with Gasteiger partial charge in [-0.15, -0.1) is 0 Å². The number of hydrogen-bond acceptors (Lipinski definition) is 3. The van der Waals surface area contributed by atoms with Crippen LogP contribution in [-0.4, -0.2) is 52.7 Å². The zero-order valence-electron chi connectivity index (χ0n) is 15.5. The molecule has 134 valence electrons. The molecule has 24 heavy (non-hydrogen) atoms. The van der Waals surface area contributed by atoms with Crippen LogP contribution in [0.3, 0.4) is 0 Å². The fourth-order valence-corrected chi connectivity index (χ4v) is 4.42. The second-order valence-electron chi connectivity index (χ2n) is 8.23. The van der Waals surface area contributed by atoms with Crippen LogP contribution in [0.5, 0.6) is 0 Å². The van der Waals surface area contributed by atoms with Crippen molar-refractivity contribution in [2.24, 2.45) is 18.4 Å². The van der Waals surface area contributed by atoms with Gasteiger partial charge in [0, 0.05) is 45.9 Å². The zero-order chi connectivity index (χ0) is 17.2. The number of carbonyl (C=O) groups excluding carboxylic acids is 1. The smallest absolute Gasteiger partial charge is 0.222 e. The molecule has 0 aromatic carbocycles. The van der Waals surface area contributed by atoms with Crippen molar-refractivity contribution >= 4 is 5.91 Å². The first-order chi connectivity index (χ1) is 11.5. The molecule has 3 rings (SSSR count). The summed E-state index contributed by atoms with van der Waals surface area (Å²) in [5, 5.41) is 4.27. The van der Waals surface area contributed by atoms with Gasteiger partial charge in [-0.2, -0.15) is 5.10 Å². The molecule has 1 amide bonds. The second kappa shape index (κ2) is 7.26. The van der Waals surface area contributed by atoms with Crippen molar-refractivity contribution in [1.82, 2.24) is 19.6 Å². The largest absolute Gasteiger partial charge is 0.349 e. The summed E-state index contributed by atoms with van der Waals surface area (Å²) in [6, 6.07) is 0. The van der Waals surface area contributed by atoms with E-state index in [0.717, 1.165) is 13.0 Å². The normalized spacial score (nSPS) is 22.0. The Labute approximate surface area is 146 Å². The maximum absolute atomic E-state index is 11.9. The topological polar surface area (TPSA) is 41.4 Å². The molecule has 0 atom stereocenters. The highest BCUT2D eigenvalue weighted by Gasteiger charge is 2.38. The Morgan fingerprint density at radius 1 is 1.25 bits per heavy atom. The third kappa shape index (κ3) is 4.18. The minimum Gasteiger partial charge on any atom is -0.349 e. The fraction of sp³-hybridized carbons (Fsp3) is 0.789. The average Bonchev–Trinajstić information content (AvgIpc) is 2.97. The molecular weight excluding hydrogens is 300 g/mol. The average molecular weight is 332 g/mol. The summed E-state index contributed by atoms with van der Waals surface area (Å²) in [7, 11) is 5.71. The first-order valence-corrected chi connectivity index (χ1v) is 9.36. The molecule has 0 bridgehead atoms. The first kappa shape index (κ1) is 17.5. The van der Waals surface area contributed by atoms with Crippen LogP contribution in [-0.2, 0) is 18.4 Å². The van der Waals surface area contributed by atoms with E-state index in [2.05, 4.69) is 16.2 Å². The standard InChI is InChI=1S/C19H32N4O/c1-21(2)18(24)12-16-4-6-19(7-5-16)8-10-23(11-9-19)15-17-13-20-22(3)14-17/h13-14,16H,4-12,15H2,1-3H3. The summed E-state index contributed by atoms with van der Waals surface area (Å²) >= 11 is 0. The van der Waals surface area contributed by atoms with E-state index in [1.807, 2.05) is 32.0 Å². The minimum atomic E-state index is 0.294. The van der Waals surface area contributed by atoms with Crippen molar-refractivity contribution in [2.45, 2.75) is 51.5 Å². The molecule has 5 nitrogen and oxygen atoms in total. The molecular formula is C19H32N4O. The van der Waals surface area contributed by atoms with Gasteiger partial charge >= 0.3 is 0 Å². The van der Waals surface area contributed by atoms with Crippen LogP contribution >= 0.6 is 0 Å². The molecule has 1 saturated heterocycles. The van der Waals surface area contributed by atoms with Gasteiger partial charge in [-0.25, -0.2) is 0 Å². The van der Waals surface area contributed by atoms with Crippen molar-refractivity contribution in [3.05, 3.63) is 18.0 Å². The van der Waals surface area contributed by atoms with Crippen molar-refractivity contribution in [3.8, 4) is 0 Å². The highest BCUT2D eigenvalue weighted by Crippen LogP contribution is 2.47. The van der Waals surface area contributed by atoms with Crippen LogP contribution in [0.15, 0.2) is 12.4 Å². The monoisotopic (exact) mass is 332 g/mol. The highest BCUT2D eigenvalue weighted by molar-refractivity contribution is 5.75. The Bertz CT molecular complexity index is 547. The Balaban J connectivity index is 1.44. The molecule has 1 saturated carbocycles. The lowest BCUT2D eigenvalue weighted by Gasteiger charge is -2.46. The van der Waals surface area contributed by atoms with Crippen LogP contribution < -0.4 is 0 Å². The van der Waals surface area contributed by atoms with Crippen molar-refractivity contribution in [2.75, 3.05) is 27.2 Å². The third-order valence-electron chi connectivity index (χ3n) is 6.21. The quantitative estimate of drug-likeness (QED) is 0.851. The van der Waals surface area contributed by atoms with Crippen LogP contribution in [0, 0.1) is 11.3 Å². The zero-order valence-corrected chi connectivity index (χ0v) is 15.5. The molecule has 0 unspecified atom stereocenters. The summed E-state index contributed by atoms with van der Waals surface area (Å²) < 4.78 is 1.89. The molecule has 1 aliphatic heterocycles. The van der Waals surface area contributed by atoms with Gasteiger partial charge in [0.15, 0.2) is 0 Å². The van der Waals surface area contributed by atoms with Crippen molar-refractivity contribution in [1.29, 1.82) is 0 Å². The molecule has 0 N–H and O–H groups in total. The lowest BCUT2D eigenvalue weighted by Crippen LogP contribution is -2.41. The molecule has 5 heteroatoms. The number of rotatable bonds is 4. The number of aryl methyl sites for hydroxylation is 1. The Kier molecular flexibility index (Phi) is 5.28. The molecule has 0 radical (unpaired) electrons. The van der Waals surface area contributed by atoms with E-state index in [1.54, 1.807) is 4.90 Å². The maximum atomic E-state index is 11.9. The van der Waals surface area contributed by atoms with Crippen LogP contribution in [0.4, 0.5) is 0 Å². The third-order valence-corrected chi connectivity index (χ3v) is 6.21. The van der Waals surface area contributed by atoms with Gasteiger partial charge < -0.3 is 4.90 Å². The van der Waals surface area contributed by atoms with Gasteiger partial charge in [-0.1, -0.05) is 0 Å². The van der Waals surface area contributed by atoms with Gasteiger partial charge in [-0.05, 0) is 62.9 Å². The number of amides is 1. The van der Waals surface area contributed by atoms with Gasteiger partial charge in [0.25, 0.3) is 0 Å². The van der Waals surface area contributed by atoms with E-state index in [1.165, 1.54) is 57.2 Å². The van der Waals surface area contributed by atoms with Crippen molar-refractivity contribution < 1.29 is 4.79 Å². The number of likely N-dealkylation sites (tertiary alicyclic amines) is 1. The number of aromatic nitrogens is 2. The highest BCUT2D eigenvalue weighted by atomic mass is 16.2. The number of nitrogens with zero attached hydrogens (tertiary/aromatic N) is 4. The summed E-state index contributed by atoms with van der Waals surface area (Å²) in [6.45, 7) is 3.44. The van der Waals surface area contributed by atoms with Gasteiger partial charge in [-0.3, -0.25) is 14.4 Å². The molecule has 1 spiro atoms. The number of carbonyl (C=O) groups is 1. The predicted molar refractivity (Wildman–Crippen MR) is 95.4 cm³/mol. The Morgan fingerprint density at radius 2 is 1.92 bits per heavy atom. The summed E-state index contributed by atoms with van der Waals surface area (Å²) in [4.78, 5) is 16.2. The van der Waals surface area contributed by atoms with Gasteiger partial charge in [0.2, 0.25) is 5.91 Å². The Hall–Kier alpha value is -1.36. The fourth-order valence-electron chi connectivity index (χ4n) is 4.42. The lowest BCUT2D eigenvalue weighted by molar-refractivity contribution is -0.130. The number of piperidine rings is 1. The molecule has 2 fully saturated rings. The molecule has 2 aliphatic rings. The van der Waals surface area contributed by atoms with Crippen molar-refractivity contribution in [3.63, 3.8) is 0 Å². The molecule has 2 heterocycles. The van der Waals surface area contributed by atoms with E-state index in [9.17, 15) is 4.79 Å². The van der Waals surface area contributed by atoms with Crippen LogP contribution in [0.2, 0.25) is 0 Å².